The second-order valence-electron chi connectivity index (χ2n) is 7.49. The number of ether oxygens (including phenoxy) is 1. The zero-order valence-electron chi connectivity index (χ0n) is 18.5. The highest BCUT2D eigenvalue weighted by Crippen LogP contribution is 2.25. The minimum absolute atomic E-state index is 0.230. The standard InChI is InChI=1S/C22H26ClN7O2S/c1-15-12-19(29-8-10-32-11-9-29)27-28-20(15)18-14-33-22(26-17-5-3-4-16(23)13-17)30(18)7-6-25-21(31)24-2/h3-5,12-14H,6-11H2,1-2H3,(H2,24,25,31). The molecule has 0 spiro atoms. The van der Waals surface area contributed by atoms with Gasteiger partial charge in [0.25, 0.3) is 0 Å². The molecule has 0 atom stereocenters. The zero-order valence-corrected chi connectivity index (χ0v) is 20.1. The Morgan fingerprint density at radius 1 is 1.27 bits per heavy atom. The van der Waals surface area contributed by atoms with E-state index >= 15 is 0 Å². The van der Waals surface area contributed by atoms with Crippen LogP contribution >= 0.6 is 22.9 Å². The van der Waals surface area contributed by atoms with Gasteiger partial charge in [-0.25, -0.2) is 9.79 Å². The molecule has 1 aromatic carbocycles. The third-order valence-electron chi connectivity index (χ3n) is 5.23. The average Bonchev–Trinajstić information content (AvgIpc) is 3.21. The fourth-order valence-electron chi connectivity index (χ4n) is 3.52. The molecule has 33 heavy (non-hydrogen) atoms. The molecule has 3 heterocycles. The minimum Gasteiger partial charge on any atom is -0.378 e. The van der Waals surface area contributed by atoms with E-state index in [1.807, 2.05) is 41.1 Å². The molecule has 0 radical (unpaired) electrons. The van der Waals surface area contributed by atoms with Crippen molar-refractivity contribution in [2.45, 2.75) is 13.5 Å². The lowest BCUT2D eigenvalue weighted by molar-refractivity contribution is 0.122. The molecule has 4 rings (SSSR count). The average molecular weight is 488 g/mol. The number of aryl methyl sites for hydroxylation is 1. The Bertz CT molecular complexity index is 1190. The van der Waals surface area contributed by atoms with E-state index in [-0.39, 0.29) is 6.03 Å². The van der Waals surface area contributed by atoms with E-state index in [1.54, 1.807) is 7.05 Å². The van der Waals surface area contributed by atoms with Gasteiger partial charge in [0.1, 0.15) is 5.69 Å². The van der Waals surface area contributed by atoms with E-state index in [4.69, 9.17) is 21.3 Å². The molecule has 0 unspecified atom stereocenters. The lowest BCUT2D eigenvalue weighted by atomic mass is 10.2. The molecule has 9 nitrogen and oxygen atoms in total. The molecule has 1 aliphatic rings. The van der Waals surface area contributed by atoms with Gasteiger partial charge < -0.3 is 24.8 Å². The summed E-state index contributed by atoms with van der Waals surface area (Å²) in [5, 5.41) is 17.1. The summed E-state index contributed by atoms with van der Waals surface area (Å²) in [7, 11) is 1.59. The lowest BCUT2D eigenvalue weighted by Crippen LogP contribution is -2.37. The van der Waals surface area contributed by atoms with Crippen LogP contribution in [-0.2, 0) is 11.3 Å². The van der Waals surface area contributed by atoms with Crippen molar-refractivity contribution in [2.75, 3.05) is 44.8 Å². The van der Waals surface area contributed by atoms with Gasteiger partial charge in [-0.2, -0.15) is 0 Å². The normalized spacial score (nSPS) is 14.4. The first-order valence-electron chi connectivity index (χ1n) is 10.7. The van der Waals surface area contributed by atoms with E-state index in [0.29, 0.717) is 31.3 Å². The highest BCUT2D eigenvalue weighted by atomic mass is 35.5. The van der Waals surface area contributed by atoms with E-state index in [9.17, 15) is 4.79 Å². The molecule has 3 aromatic rings. The molecule has 0 aliphatic carbocycles. The molecule has 1 aliphatic heterocycles. The van der Waals surface area contributed by atoms with Crippen molar-refractivity contribution < 1.29 is 9.53 Å². The Kier molecular flexibility index (Phi) is 7.58. The van der Waals surface area contributed by atoms with Crippen LogP contribution in [0.2, 0.25) is 5.02 Å². The number of urea groups is 1. The first kappa shape index (κ1) is 23.2. The maximum Gasteiger partial charge on any atom is 0.314 e. The Balaban J connectivity index is 1.69. The lowest BCUT2D eigenvalue weighted by Gasteiger charge is -2.27. The third kappa shape index (κ3) is 5.70. The zero-order chi connectivity index (χ0) is 23.2. The number of hydrogen-bond acceptors (Lipinski definition) is 7. The molecule has 11 heteroatoms. The fourth-order valence-corrected chi connectivity index (χ4v) is 4.64. The van der Waals surface area contributed by atoms with E-state index in [2.05, 4.69) is 31.8 Å². The van der Waals surface area contributed by atoms with E-state index < -0.39 is 0 Å². The van der Waals surface area contributed by atoms with Crippen LogP contribution in [0.4, 0.5) is 16.3 Å². The largest absolute Gasteiger partial charge is 0.378 e. The van der Waals surface area contributed by atoms with Gasteiger partial charge in [-0.15, -0.1) is 21.5 Å². The van der Waals surface area contributed by atoms with Crippen LogP contribution in [0.3, 0.4) is 0 Å². The van der Waals surface area contributed by atoms with Crippen molar-refractivity contribution in [1.29, 1.82) is 0 Å². The van der Waals surface area contributed by atoms with Gasteiger partial charge >= 0.3 is 6.03 Å². The van der Waals surface area contributed by atoms with Crippen LogP contribution in [0.15, 0.2) is 40.7 Å². The summed E-state index contributed by atoms with van der Waals surface area (Å²) in [5.41, 5.74) is 3.47. The smallest absolute Gasteiger partial charge is 0.314 e. The third-order valence-corrected chi connectivity index (χ3v) is 6.33. The summed E-state index contributed by atoms with van der Waals surface area (Å²) in [6.45, 7) is 5.99. The molecule has 2 N–H and O–H groups in total. The van der Waals surface area contributed by atoms with Crippen molar-refractivity contribution >= 4 is 40.5 Å². The number of halogens is 1. The van der Waals surface area contributed by atoms with Crippen LogP contribution in [0, 0.1) is 6.92 Å². The van der Waals surface area contributed by atoms with Crippen molar-refractivity contribution in [2.24, 2.45) is 4.99 Å². The molecule has 1 fully saturated rings. The molecule has 1 saturated heterocycles. The topological polar surface area (TPSA) is 96.7 Å². The summed E-state index contributed by atoms with van der Waals surface area (Å²) >= 11 is 7.65. The quantitative estimate of drug-likeness (QED) is 0.557. The Hall–Kier alpha value is -2.95. The molecule has 2 aromatic heterocycles. The minimum atomic E-state index is -0.230. The van der Waals surface area contributed by atoms with Gasteiger partial charge in [0.15, 0.2) is 10.6 Å². The number of nitrogens with zero attached hydrogens (tertiary/aromatic N) is 5. The Morgan fingerprint density at radius 2 is 2.09 bits per heavy atom. The monoisotopic (exact) mass is 487 g/mol. The number of carbonyl (C=O) groups is 1. The summed E-state index contributed by atoms with van der Waals surface area (Å²) in [4.78, 5) is 19.4. The number of nitrogens with one attached hydrogen (secondary N) is 2. The highest BCUT2D eigenvalue weighted by Gasteiger charge is 2.17. The molecule has 0 saturated carbocycles. The number of hydrogen-bond donors (Lipinski definition) is 2. The highest BCUT2D eigenvalue weighted by molar-refractivity contribution is 7.07. The second kappa shape index (κ2) is 10.8. The molecule has 0 bridgehead atoms. The predicted molar refractivity (Wildman–Crippen MR) is 130 cm³/mol. The predicted octanol–water partition coefficient (Wildman–Crippen LogP) is 2.97. The number of thiazole rings is 1. The maximum absolute atomic E-state index is 11.6. The molecular weight excluding hydrogens is 462 g/mol. The van der Waals surface area contributed by atoms with E-state index in [1.165, 1.54) is 11.3 Å². The number of amides is 2. The van der Waals surface area contributed by atoms with Gasteiger partial charge in [-0.1, -0.05) is 17.7 Å². The Morgan fingerprint density at radius 3 is 2.82 bits per heavy atom. The number of carbonyl (C=O) groups excluding carboxylic acids is 1. The van der Waals surface area contributed by atoms with Crippen LogP contribution < -0.4 is 20.3 Å². The molecule has 174 valence electrons. The molecular formula is C22H26ClN7O2S. The first-order chi connectivity index (χ1) is 16.0. The van der Waals surface area contributed by atoms with Crippen molar-refractivity contribution in [3.8, 4) is 11.4 Å². The molecule has 2 amide bonds. The van der Waals surface area contributed by atoms with Crippen LogP contribution in [0.1, 0.15) is 5.56 Å². The van der Waals surface area contributed by atoms with Gasteiger partial charge in [0.05, 0.1) is 24.6 Å². The summed E-state index contributed by atoms with van der Waals surface area (Å²) in [6.07, 6.45) is 0. The van der Waals surface area contributed by atoms with Gasteiger partial charge in [-0.3, -0.25) is 0 Å². The number of morpholine rings is 1. The number of aromatic nitrogens is 3. The van der Waals surface area contributed by atoms with Crippen molar-refractivity contribution in [1.82, 2.24) is 25.4 Å². The van der Waals surface area contributed by atoms with Gasteiger partial charge in [0, 0.05) is 43.6 Å². The summed E-state index contributed by atoms with van der Waals surface area (Å²) < 4.78 is 7.49. The van der Waals surface area contributed by atoms with Gasteiger partial charge in [-0.05, 0) is 36.8 Å². The number of benzene rings is 1. The van der Waals surface area contributed by atoms with Crippen LogP contribution in [-0.4, -0.2) is 60.7 Å². The maximum atomic E-state index is 11.6. The summed E-state index contributed by atoms with van der Waals surface area (Å²) in [6, 6.07) is 9.24. The second-order valence-corrected chi connectivity index (χ2v) is 8.76. The van der Waals surface area contributed by atoms with Gasteiger partial charge in [0.2, 0.25) is 0 Å². The SMILES string of the molecule is CNC(=O)NCCn1c(-c2nnc(N3CCOCC3)cc2C)csc1=Nc1cccc(Cl)c1. The van der Waals surface area contributed by atoms with Crippen LogP contribution in [0.25, 0.3) is 11.4 Å². The number of rotatable bonds is 6. The van der Waals surface area contributed by atoms with E-state index in [0.717, 1.165) is 46.3 Å². The number of anilines is 1. The first-order valence-corrected chi connectivity index (χ1v) is 11.9. The Labute approximate surface area is 201 Å². The summed E-state index contributed by atoms with van der Waals surface area (Å²) in [5.74, 6) is 0.853. The van der Waals surface area contributed by atoms with Crippen molar-refractivity contribution in [3.05, 3.63) is 51.1 Å². The fraction of sp³-hybridized carbons (Fsp3) is 0.364. The van der Waals surface area contributed by atoms with Crippen LogP contribution in [0.5, 0.6) is 0 Å². The van der Waals surface area contributed by atoms with Crippen molar-refractivity contribution in [3.63, 3.8) is 0 Å².